The molecule has 1 spiro atoms. The third-order valence-corrected chi connectivity index (χ3v) is 5.75. The number of nitrogens with zero attached hydrogens (tertiary/aromatic N) is 5. The molecule has 0 radical (unpaired) electrons. The number of rotatable bonds is 4. The molecule has 1 amide bonds. The fourth-order valence-electron chi connectivity index (χ4n) is 4.06. The predicted molar refractivity (Wildman–Crippen MR) is 101 cm³/mol. The first-order valence-electron chi connectivity index (χ1n) is 9.27. The summed E-state index contributed by atoms with van der Waals surface area (Å²) in [5.41, 5.74) is 6.70. The van der Waals surface area contributed by atoms with Crippen molar-refractivity contribution < 1.29 is 9.53 Å². The Labute approximate surface area is 155 Å². The van der Waals surface area contributed by atoms with Crippen LogP contribution in [0.2, 0.25) is 0 Å². The highest BCUT2D eigenvalue weighted by molar-refractivity contribution is 5.76. The van der Waals surface area contributed by atoms with Gasteiger partial charge in [0.25, 0.3) is 0 Å². The number of nitrogens with two attached hydrogens (primary N) is 1. The van der Waals surface area contributed by atoms with Gasteiger partial charge in [-0.1, -0.05) is 0 Å². The quantitative estimate of drug-likeness (QED) is 0.835. The summed E-state index contributed by atoms with van der Waals surface area (Å²) in [7, 11) is 3.85. The number of amides is 1. The summed E-state index contributed by atoms with van der Waals surface area (Å²) in [5.74, 6) is 1.43. The van der Waals surface area contributed by atoms with E-state index in [0.717, 1.165) is 50.5 Å². The van der Waals surface area contributed by atoms with E-state index in [1.54, 1.807) is 7.11 Å². The van der Waals surface area contributed by atoms with Gasteiger partial charge in [-0.3, -0.25) is 9.69 Å². The molecule has 3 rings (SSSR count). The molecule has 1 atom stereocenters. The molecule has 1 aromatic heterocycles. The van der Waals surface area contributed by atoms with Crippen LogP contribution < -0.4 is 10.6 Å². The zero-order chi connectivity index (χ0) is 18.7. The number of carbonyl (C=O) groups excluding carboxylic acids is 1. The number of hydrogen-bond acceptors (Lipinski definition) is 7. The first kappa shape index (κ1) is 18.8. The average molecular weight is 362 g/mol. The number of piperazine rings is 1. The maximum Gasteiger partial charge on any atom is 0.222 e. The fourth-order valence-corrected chi connectivity index (χ4v) is 4.06. The highest BCUT2D eigenvalue weighted by Gasteiger charge is 2.42. The first-order valence-corrected chi connectivity index (χ1v) is 9.27. The van der Waals surface area contributed by atoms with E-state index >= 15 is 0 Å². The van der Waals surface area contributed by atoms with Crippen molar-refractivity contribution in [2.75, 3.05) is 64.1 Å². The van der Waals surface area contributed by atoms with Crippen LogP contribution in [0.5, 0.6) is 0 Å². The monoisotopic (exact) mass is 362 g/mol. The Morgan fingerprint density at radius 2 is 2.08 bits per heavy atom. The summed E-state index contributed by atoms with van der Waals surface area (Å²) in [6.07, 6.45) is 2.39. The van der Waals surface area contributed by atoms with Crippen molar-refractivity contribution in [3.05, 3.63) is 11.8 Å². The van der Waals surface area contributed by atoms with Gasteiger partial charge in [0.1, 0.15) is 5.82 Å². The summed E-state index contributed by atoms with van der Waals surface area (Å²) in [6, 6.07) is 1.99. The Morgan fingerprint density at radius 1 is 1.27 bits per heavy atom. The standard InChI is InChI=1S/C18H30N6O2/c1-14-12-15(21-17(19)20-14)24-9-8-22(2)18(13-24)5-4-16(25)23(7-6-18)10-11-26-3/h12H,4-11,13H2,1-3H3,(H2,19,20,21)/t18-/m0/s1. The highest BCUT2D eigenvalue weighted by Crippen LogP contribution is 2.33. The number of methoxy groups -OCH3 is 1. The molecule has 2 aliphatic rings. The van der Waals surface area contributed by atoms with Crippen molar-refractivity contribution in [3.63, 3.8) is 0 Å². The largest absolute Gasteiger partial charge is 0.383 e. The van der Waals surface area contributed by atoms with Crippen molar-refractivity contribution in [2.45, 2.75) is 31.7 Å². The van der Waals surface area contributed by atoms with Crippen molar-refractivity contribution in [1.29, 1.82) is 0 Å². The molecule has 3 heterocycles. The van der Waals surface area contributed by atoms with Gasteiger partial charge >= 0.3 is 0 Å². The average Bonchev–Trinajstić information content (AvgIpc) is 2.75. The van der Waals surface area contributed by atoms with Gasteiger partial charge < -0.3 is 20.3 Å². The van der Waals surface area contributed by atoms with E-state index in [0.29, 0.717) is 25.5 Å². The molecule has 0 aromatic carbocycles. The van der Waals surface area contributed by atoms with Crippen molar-refractivity contribution in [3.8, 4) is 0 Å². The van der Waals surface area contributed by atoms with E-state index in [-0.39, 0.29) is 11.4 Å². The van der Waals surface area contributed by atoms with E-state index in [1.807, 2.05) is 17.9 Å². The van der Waals surface area contributed by atoms with Crippen molar-refractivity contribution >= 4 is 17.7 Å². The molecule has 2 N–H and O–H groups in total. The van der Waals surface area contributed by atoms with Crippen molar-refractivity contribution in [1.82, 2.24) is 19.8 Å². The van der Waals surface area contributed by atoms with Gasteiger partial charge in [-0.2, -0.15) is 4.98 Å². The molecule has 0 bridgehead atoms. The smallest absolute Gasteiger partial charge is 0.222 e. The predicted octanol–water partition coefficient (Wildman–Crippen LogP) is 0.517. The van der Waals surface area contributed by atoms with E-state index < -0.39 is 0 Å². The van der Waals surface area contributed by atoms with Crippen LogP contribution in [-0.2, 0) is 9.53 Å². The van der Waals surface area contributed by atoms with Crippen LogP contribution in [0.4, 0.5) is 11.8 Å². The highest BCUT2D eigenvalue weighted by atomic mass is 16.5. The van der Waals surface area contributed by atoms with Crippen LogP contribution in [-0.4, -0.2) is 84.7 Å². The van der Waals surface area contributed by atoms with Gasteiger partial charge in [-0.05, 0) is 26.8 Å². The van der Waals surface area contributed by atoms with E-state index in [4.69, 9.17) is 10.5 Å². The minimum Gasteiger partial charge on any atom is -0.383 e. The van der Waals surface area contributed by atoms with Crippen LogP contribution in [0, 0.1) is 6.92 Å². The first-order chi connectivity index (χ1) is 12.4. The Kier molecular flexibility index (Phi) is 5.62. The second-order valence-corrected chi connectivity index (χ2v) is 7.42. The van der Waals surface area contributed by atoms with Crippen LogP contribution in [0.25, 0.3) is 0 Å². The maximum atomic E-state index is 12.5. The SMILES string of the molecule is COCCN1CC[C@@]2(CCC1=O)CN(c1cc(C)nc(N)n1)CCN2C. The molecule has 26 heavy (non-hydrogen) atoms. The van der Waals surface area contributed by atoms with Gasteiger partial charge in [0.15, 0.2) is 0 Å². The minimum atomic E-state index is -0.0245. The Bertz CT molecular complexity index is 634. The number of aryl methyl sites for hydroxylation is 1. The topological polar surface area (TPSA) is 87.8 Å². The molecule has 2 saturated heterocycles. The van der Waals surface area contributed by atoms with Crippen LogP contribution >= 0.6 is 0 Å². The van der Waals surface area contributed by atoms with E-state index in [1.165, 1.54) is 0 Å². The van der Waals surface area contributed by atoms with Crippen LogP contribution in [0.15, 0.2) is 6.07 Å². The molecule has 1 aromatic rings. The summed E-state index contributed by atoms with van der Waals surface area (Å²) < 4.78 is 5.15. The minimum absolute atomic E-state index is 0.0245. The lowest BCUT2D eigenvalue weighted by atomic mass is 9.86. The molecule has 144 valence electrons. The number of hydrogen-bond donors (Lipinski definition) is 1. The molecule has 0 aliphatic carbocycles. The van der Waals surface area contributed by atoms with Crippen LogP contribution in [0.3, 0.4) is 0 Å². The molecule has 2 aliphatic heterocycles. The fraction of sp³-hybridized carbons (Fsp3) is 0.722. The van der Waals surface area contributed by atoms with Gasteiger partial charge in [0.2, 0.25) is 11.9 Å². The number of likely N-dealkylation sites (N-methyl/N-ethyl adjacent to an activating group) is 1. The number of anilines is 2. The van der Waals surface area contributed by atoms with E-state index in [2.05, 4.69) is 26.8 Å². The number of ether oxygens (including phenoxy) is 1. The maximum absolute atomic E-state index is 12.5. The summed E-state index contributed by atoms with van der Waals surface area (Å²) in [5, 5.41) is 0. The molecule has 0 unspecified atom stereocenters. The number of likely N-dealkylation sites (tertiary alicyclic amines) is 1. The zero-order valence-electron chi connectivity index (χ0n) is 16.1. The molecule has 0 saturated carbocycles. The van der Waals surface area contributed by atoms with Gasteiger partial charge in [-0.15, -0.1) is 0 Å². The Hall–Kier alpha value is -1.93. The lowest BCUT2D eigenvalue weighted by Crippen LogP contribution is -2.61. The number of aromatic nitrogens is 2. The lowest BCUT2D eigenvalue weighted by Gasteiger charge is -2.49. The molecular formula is C18H30N6O2. The molecule has 2 fully saturated rings. The second kappa shape index (κ2) is 7.75. The number of carbonyl (C=O) groups is 1. The Balaban J connectivity index is 1.78. The third-order valence-electron chi connectivity index (χ3n) is 5.75. The molecule has 8 nitrogen and oxygen atoms in total. The summed E-state index contributed by atoms with van der Waals surface area (Å²) in [4.78, 5) is 27.8. The summed E-state index contributed by atoms with van der Waals surface area (Å²) >= 11 is 0. The molecular weight excluding hydrogens is 332 g/mol. The van der Waals surface area contributed by atoms with Gasteiger partial charge in [0, 0.05) is 63.6 Å². The van der Waals surface area contributed by atoms with Gasteiger partial charge in [-0.25, -0.2) is 4.98 Å². The van der Waals surface area contributed by atoms with Gasteiger partial charge in [0.05, 0.1) is 6.61 Å². The zero-order valence-corrected chi connectivity index (χ0v) is 16.1. The molecule has 8 heteroatoms. The normalized spacial score (nSPS) is 25.0. The van der Waals surface area contributed by atoms with Crippen LogP contribution in [0.1, 0.15) is 25.0 Å². The van der Waals surface area contributed by atoms with E-state index in [9.17, 15) is 4.79 Å². The summed E-state index contributed by atoms with van der Waals surface area (Å²) in [6.45, 7) is 6.65. The third kappa shape index (κ3) is 3.91. The van der Waals surface area contributed by atoms with Crippen molar-refractivity contribution in [2.24, 2.45) is 0 Å². The number of nitrogen functional groups attached to an aromatic ring is 1. The lowest BCUT2D eigenvalue weighted by molar-refractivity contribution is -0.131. The Morgan fingerprint density at radius 3 is 2.81 bits per heavy atom. The second-order valence-electron chi connectivity index (χ2n) is 7.42.